The summed E-state index contributed by atoms with van der Waals surface area (Å²) in [7, 11) is -3.22. The van der Waals surface area contributed by atoms with Crippen LogP contribution in [0.1, 0.15) is 0 Å². The van der Waals surface area contributed by atoms with Gasteiger partial charge in [-0.1, -0.05) is 11.6 Å². The maximum Gasteiger partial charge on any atom is 0.238 e. The number of rotatable bonds is 3. The van der Waals surface area contributed by atoms with Crippen LogP contribution in [0.3, 0.4) is 0 Å². The van der Waals surface area contributed by atoms with E-state index in [-0.39, 0.29) is 15.9 Å². The minimum absolute atomic E-state index is 0.222. The van der Waals surface area contributed by atoms with Crippen LogP contribution in [-0.2, 0) is 9.84 Å². The summed E-state index contributed by atoms with van der Waals surface area (Å²) in [4.78, 5) is 7.92. The average molecular weight is 364 g/mol. The van der Waals surface area contributed by atoms with Crippen LogP contribution in [0.15, 0.2) is 40.0 Å². The molecule has 0 amide bonds. The van der Waals surface area contributed by atoms with Gasteiger partial charge in [0.1, 0.15) is 16.5 Å². The lowest BCUT2D eigenvalue weighted by atomic mass is 10.3. The van der Waals surface area contributed by atoms with Crippen LogP contribution in [0.25, 0.3) is 0 Å². The Morgan fingerprint density at radius 1 is 1.21 bits per heavy atom. The highest BCUT2D eigenvalue weighted by Gasteiger charge is 2.10. The highest BCUT2D eigenvalue weighted by Crippen LogP contribution is 2.31. The third-order valence-electron chi connectivity index (χ3n) is 2.18. The van der Waals surface area contributed by atoms with Crippen molar-refractivity contribution in [3.8, 4) is 11.6 Å². The van der Waals surface area contributed by atoms with E-state index in [9.17, 15) is 8.42 Å². The predicted octanol–water partition coefficient (Wildman–Crippen LogP) is 3.09. The van der Waals surface area contributed by atoms with Crippen molar-refractivity contribution in [3.63, 3.8) is 0 Å². The summed E-state index contributed by atoms with van der Waals surface area (Å²) in [5.41, 5.74) is 0. The molecule has 8 heteroatoms. The van der Waals surface area contributed by atoms with Gasteiger partial charge in [-0.25, -0.2) is 18.4 Å². The Balaban J connectivity index is 2.27. The normalized spacial score (nSPS) is 11.3. The zero-order valence-electron chi connectivity index (χ0n) is 9.67. The maximum atomic E-state index is 11.3. The van der Waals surface area contributed by atoms with Crippen LogP contribution in [0.4, 0.5) is 0 Å². The molecule has 2 rings (SSSR count). The van der Waals surface area contributed by atoms with Gasteiger partial charge in [0.15, 0.2) is 15.0 Å². The van der Waals surface area contributed by atoms with Crippen LogP contribution < -0.4 is 4.74 Å². The zero-order valence-corrected chi connectivity index (χ0v) is 12.8. The van der Waals surface area contributed by atoms with Gasteiger partial charge >= 0.3 is 0 Å². The molecule has 0 unspecified atom stereocenters. The number of nitrogens with zero attached hydrogens (tertiary/aromatic N) is 2. The van der Waals surface area contributed by atoms with Crippen molar-refractivity contribution in [2.75, 3.05) is 6.26 Å². The average Bonchev–Trinajstić information content (AvgIpc) is 2.35. The van der Waals surface area contributed by atoms with Crippen molar-refractivity contribution in [2.45, 2.75) is 4.90 Å². The van der Waals surface area contributed by atoms with Gasteiger partial charge in [-0.15, -0.1) is 0 Å². The van der Waals surface area contributed by atoms with E-state index in [1.54, 1.807) is 12.1 Å². The maximum absolute atomic E-state index is 11.3. The molecular formula is C11H8BrClN2O3S. The lowest BCUT2D eigenvalue weighted by Gasteiger charge is -2.07. The summed E-state index contributed by atoms with van der Waals surface area (Å²) < 4.78 is 28.5. The molecular weight excluding hydrogens is 356 g/mol. The van der Waals surface area contributed by atoms with E-state index in [2.05, 4.69) is 25.9 Å². The van der Waals surface area contributed by atoms with Crippen LogP contribution in [0.2, 0.25) is 5.15 Å². The van der Waals surface area contributed by atoms with Crippen molar-refractivity contribution in [1.29, 1.82) is 0 Å². The predicted molar refractivity (Wildman–Crippen MR) is 74.4 cm³/mol. The molecule has 19 heavy (non-hydrogen) atoms. The molecule has 0 N–H and O–H groups in total. The molecule has 0 spiro atoms. The zero-order chi connectivity index (χ0) is 14.0. The van der Waals surface area contributed by atoms with Crippen LogP contribution in [-0.4, -0.2) is 24.6 Å². The molecule has 0 aliphatic carbocycles. The molecule has 0 bridgehead atoms. The quantitative estimate of drug-likeness (QED) is 0.784. The molecule has 100 valence electrons. The van der Waals surface area contributed by atoms with Crippen molar-refractivity contribution in [2.24, 2.45) is 0 Å². The van der Waals surface area contributed by atoms with Gasteiger partial charge in [0, 0.05) is 6.26 Å². The molecule has 0 radical (unpaired) electrons. The van der Waals surface area contributed by atoms with E-state index in [4.69, 9.17) is 16.3 Å². The molecule has 1 aromatic heterocycles. The second kappa shape index (κ2) is 5.44. The second-order valence-electron chi connectivity index (χ2n) is 3.63. The lowest BCUT2D eigenvalue weighted by Crippen LogP contribution is -1.97. The summed E-state index contributed by atoms with van der Waals surface area (Å²) >= 11 is 9.01. The van der Waals surface area contributed by atoms with E-state index in [1.807, 2.05) is 0 Å². The molecule has 0 fully saturated rings. The fourth-order valence-corrected chi connectivity index (χ4v) is 2.31. The Kier molecular flexibility index (Phi) is 4.07. The van der Waals surface area contributed by atoms with E-state index in [1.165, 1.54) is 18.5 Å². The van der Waals surface area contributed by atoms with Crippen LogP contribution in [0, 0.1) is 0 Å². The number of hydrogen-bond donors (Lipinski definition) is 0. The number of hydrogen-bond acceptors (Lipinski definition) is 5. The van der Waals surface area contributed by atoms with Crippen LogP contribution in [0.5, 0.6) is 11.6 Å². The van der Waals surface area contributed by atoms with E-state index in [0.717, 1.165) is 6.26 Å². The smallest absolute Gasteiger partial charge is 0.238 e. The molecule has 1 heterocycles. The SMILES string of the molecule is CS(=O)(=O)c1ccc(Oc2ncnc(Cl)c2Br)cc1. The molecule has 0 saturated carbocycles. The van der Waals surface area contributed by atoms with E-state index >= 15 is 0 Å². The second-order valence-corrected chi connectivity index (χ2v) is 6.80. The minimum atomic E-state index is -3.22. The number of aromatic nitrogens is 2. The Labute approximate surface area is 123 Å². The monoisotopic (exact) mass is 362 g/mol. The number of benzene rings is 1. The Morgan fingerprint density at radius 3 is 2.42 bits per heavy atom. The number of ether oxygens (including phenoxy) is 1. The van der Waals surface area contributed by atoms with E-state index < -0.39 is 9.84 Å². The summed E-state index contributed by atoms with van der Waals surface area (Å²) in [6.45, 7) is 0. The first-order chi connectivity index (χ1) is 8.88. The third kappa shape index (κ3) is 3.43. The van der Waals surface area contributed by atoms with Gasteiger partial charge in [0.25, 0.3) is 0 Å². The molecule has 0 aliphatic rings. The van der Waals surface area contributed by atoms with Crippen molar-refractivity contribution in [3.05, 3.63) is 40.2 Å². The fourth-order valence-electron chi connectivity index (χ4n) is 1.27. The van der Waals surface area contributed by atoms with E-state index in [0.29, 0.717) is 10.2 Å². The molecule has 1 aromatic carbocycles. The molecule has 5 nitrogen and oxygen atoms in total. The standard InChI is InChI=1S/C11H8BrClN2O3S/c1-19(16,17)8-4-2-7(3-5-8)18-11-9(12)10(13)14-6-15-11/h2-6H,1H3. The minimum Gasteiger partial charge on any atom is -0.438 e. The Morgan fingerprint density at radius 2 is 1.84 bits per heavy atom. The van der Waals surface area contributed by atoms with Gasteiger partial charge in [0.05, 0.1) is 4.90 Å². The summed E-state index contributed by atoms with van der Waals surface area (Å²) in [5, 5.41) is 0.234. The number of halogens is 2. The first kappa shape index (κ1) is 14.2. The van der Waals surface area contributed by atoms with Gasteiger partial charge in [-0.3, -0.25) is 0 Å². The topological polar surface area (TPSA) is 69.2 Å². The molecule has 0 saturated heterocycles. The highest BCUT2D eigenvalue weighted by molar-refractivity contribution is 9.10. The molecule has 0 aliphatic heterocycles. The van der Waals surface area contributed by atoms with Crippen molar-refractivity contribution < 1.29 is 13.2 Å². The molecule has 2 aromatic rings. The first-order valence-corrected chi connectivity index (χ1v) is 8.08. The lowest BCUT2D eigenvalue weighted by molar-refractivity contribution is 0.457. The first-order valence-electron chi connectivity index (χ1n) is 5.02. The third-order valence-corrected chi connectivity index (χ3v) is 4.54. The highest BCUT2D eigenvalue weighted by atomic mass is 79.9. The Bertz CT molecular complexity index is 704. The van der Waals surface area contributed by atoms with Gasteiger partial charge in [0.2, 0.25) is 5.88 Å². The largest absolute Gasteiger partial charge is 0.438 e. The Hall–Kier alpha value is -1.18. The summed E-state index contributed by atoms with van der Waals surface area (Å²) in [6.07, 6.45) is 2.41. The van der Waals surface area contributed by atoms with Gasteiger partial charge in [-0.2, -0.15) is 0 Å². The summed E-state index contributed by atoms with van der Waals surface area (Å²) in [6, 6.07) is 6.00. The van der Waals surface area contributed by atoms with Crippen LogP contribution >= 0.6 is 27.5 Å². The summed E-state index contributed by atoms with van der Waals surface area (Å²) in [5.74, 6) is 0.704. The van der Waals surface area contributed by atoms with Gasteiger partial charge < -0.3 is 4.74 Å². The molecule has 0 atom stereocenters. The fraction of sp³-hybridized carbons (Fsp3) is 0.0909. The number of sulfone groups is 1. The van der Waals surface area contributed by atoms with Crippen molar-refractivity contribution in [1.82, 2.24) is 9.97 Å². The van der Waals surface area contributed by atoms with Gasteiger partial charge in [-0.05, 0) is 40.2 Å². The van der Waals surface area contributed by atoms with Crippen molar-refractivity contribution >= 4 is 37.4 Å².